The fourth-order valence-corrected chi connectivity index (χ4v) is 4.41. The van der Waals surface area contributed by atoms with Crippen LogP contribution in [0.4, 0.5) is 5.82 Å². The van der Waals surface area contributed by atoms with Gasteiger partial charge in [0.05, 0.1) is 12.3 Å². The van der Waals surface area contributed by atoms with Crippen molar-refractivity contribution in [1.82, 2.24) is 20.5 Å². The smallest absolute Gasteiger partial charge is 0.191 e. The maximum atomic E-state index is 5.75. The van der Waals surface area contributed by atoms with E-state index in [4.69, 9.17) is 4.42 Å². The van der Waals surface area contributed by atoms with Gasteiger partial charge in [-0.15, -0.1) is 0 Å². The van der Waals surface area contributed by atoms with E-state index in [1.807, 2.05) is 19.3 Å². The number of piperidine rings is 1. The van der Waals surface area contributed by atoms with Gasteiger partial charge in [0, 0.05) is 39.4 Å². The Hall–Kier alpha value is -2.54. The number of hydrogen-bond donors (Lipinski definition) is 2. The Bertz CT molecular complexity index is 794. The molecule has 4 rings (SSSR count). The lowest BCUT2D eigenvalue weighted by atomic mass is 10.1. The van der Waals surface area contributed by atoms with Gasteiger partial charge in [-0.25, -0.2) is 4.98 Å². The van der Waals surface area contributed by atoms with Gasteiger partial charge in [-0.2, -0.15) is 0 Å². The van der Waals surface area contributed by atoms with Gasteiger partial charge in [0.25, 0.3) is 0 Å². The minimum absolute atomic E-state index is 0.224. The van der Waals surface area contributed by atoms with Crippen molar-refractivity contribution in [3.05, 3.63) is 48.0 Å². The highest BCUT2D eigenvalue weighted by Crippen LogP contribution is 2.24. The SMILES string of the molecule is CN=C(NCc1ccnc(N2CCCC2)c1)NCC(c1ccco1)N1CCCCC1. The minimum atomic E-state index is 0.224. The second-order valence-electron chi connectivity index (χ2n) is 8.15. The first-order chi connectivity index (χ1) is 14.8. The van der Waals surface area contributed by atoms with E-state index in [1.54, 1.807) is 6.26 Å². The summed E-state index contributed by atoms with van der Waals surface area (Å²) in [6.07, 6.45) is 10.0. The fourth-order valence-electron chi connectivity index (χ4n) is 4.41. The average Bonchev–Trinajstić information content (AvgIpc) is 3.52. The van der Waals surface area contributed by atoms with Crippen LogP contribution in [-0.4, -0.2) is 55.6 Å². The highest BCUT2D eigenvalue weighted by atomic mass is 16.3. The van der Waals surface area contributed by atoms with Crippen LogP contribution in [0.25, 0.3) is 0 Å². The number of hydrogen-bond acceptors (Lipinski definition) is 5. The second kappa shape index (κ2) is 10.5. The molecule has 4 heterocycles. The van der Waals surface area contributed by atoms with Crippen LogP contribution in [0.2, 0.25) is 0 Å². The quantitative estimate of drug-likeness (QED) is 0.540. The van der Waals surface area contributed by atoms with Gasteiger partial charge in [0.2, 0.25) is 0 Å². The van der Waals surface area contributed by atoms with E-state index in [0.29, 0.717) is 0 Å². The molecule has 2 aliphatic heterocycles. The molecule has 0 amide bonds. The minimum Gasteiger partial charge on any atom is -0.468 e. The third-order valence-corrected chi connectivity index (χ3v) is 6.09. The van der Waals surface area contributed by atoms with Crippen molar-refractivity contribution in [3.8, 4) is 0 Å². The molecule has 0 aliphatic carbocycles. The van der Waals surface area contributed by atoms with E-state index in [-0.39, 0.29) is 6.04 Å². The Morgan fingerprint density at radius 1 is 1.10 bits per heavy atom. The van der Waals surface area contributed by atoms with E-state index in [1.165, 1.54) is 37.7 Å². The number of aromatic nitrogens is 1. The molecule has 2 aliphatic rings. The molecule has 1 unspecified atom stereocenters. The molecular formula is C23H34N6O. The van der Waals surface area contributed by atoms with Gasteiger partial charge in [0.15, 0.2) is 5.96 Å². The van der Waals surface area contributed by atoms with Gasteiger partial charge in [-0.3, -0.25) is 9.89 Å². The molecule has 0 bridgehead atoms. The van der Waals surface area contributed by atoms with Crippen molar-refractivity contribution in [2.24, 2.45) is 4.99 Å². The molecule has 0 radical (unpaired) electrons. The molecule has 0 saturated carbocycles. The molecular weight excluding hydrogens is 376 g/mol. The summed E-state index contributed by atoms with van der Waals surface area (Å²) in [6.45, 7) is 5.95. The lowest BCUT2D eigenvalue weighted by Crippen LogP contribution is -2.44. The zero-order chi connectivity index (χ0) is 20.6. The number of pyridine rings is 1. The van der Waals surface area contributed by atoms with Crippen molar-refractivity contribution in [2.75, 3.05) is 44.7 Å². The number of nitrogens with one attached hydrogen (secondary N) is 2. The highest BCUT2D eigenvalue weighted by Gasteiger charge is 2.24. The van der Waals surface area contributed by atoms with Gasteiger partial charge < -0.3 is 20.0 Å². The van der Waals surface area contributed by atoms with E-state index >= 15 is 0 Å². The van der Waals surface area contributed by atoms with Gasteiger partial charge in [0.1, 0.15) is 11.6 Å². The van der Waals surface area contributed by atoms with Crippen LogP contribution in [0.3, 0.4) is 0 Å². The number of aliphatic imine (C=N–C) groups is 1. The summed E-state index contributed by atoms with van der Waals surface area (Å²) >= 11 is 0. The standard InChI is InChI=1S/C23H34N6O/c1-24-23(26-17-19-9-10-25-22(16-19)29-13-5-6-14-29)27-18-20(21-8-7-15-30-21)28-11-3-2-4-12-28/h7-10,15-16,20H,2-6,11-14,17-18H2,1H3,(H2,24,26,27). The molecule has 0 spiro atoms. The Morgan fingerprint density at radius 2 is 1.90 bits per heavy atom. The number of nitrogens with zero attached hydrogens (tertiary/aromatic N) is 4. The van der Waals surface area contributed by atoms with Crippen LogP contribution in [0.1, 0.15) is 49.5 Å². The molecule has 2 saturated heterocycles. The van der Waals surface area contributed by atoms with Crippen LogP contribution >= 0.6 is 0 Å². The van der Waals surface area contributed by atoms with Crippen molar-refractivity contribution in [2.45, 2.75) is 44.7 Å². The fraction of sp³-hybridized carbons (Fsp3) is 0.565. The first kappa shape index (κ1) is 20.7. The van der Waals surface area contributed by atoms with Gasteiger partial charge in [-0.1, -0.05) is 6.42 Å². The molecule has 2 aromatic rings. The van der Waals surface area contributed by atoms with E-state index in [0.717, 1.165) is 56.8 Å². The van der Waals surface area contributed by atoms with E-state index in [9.17, 15) is 0 Å². The Morgan fingerprint density at radius 3 is 2.63 bits per heavy atom. The number of likely N-dealkylation sites (tertiary alicyclic amines) is 1. The van der Waals surface area contributed by atoms with E-state index < -0.39 is 0 Å². The zero-order valence-electron chi connectivity index (χ0n) is 18.0. The lowest BCUT2D eigenvalue weighted by Gasteiger charge is -2.33. The molecule has 2 aromatic heterocycles. The maximum absolute atomic E-state index is 5.75. The molecule has 2 fully saturated rings. The summed E-state index contributed by atoms with van der Waals surface area (Å²) in [4.78, 5) is 13.9. The first-order valence-corrected chi connectivity index (χ1v) is 11.3. The number of guanidine groups is 1. The van der Waals surface area contributed by atoms with Crippen molar-refractivity contribution < 1.29 is 4.42 Å². The summed E-state index contributed by atoms with van der Waals surface area (Å²) in [5.74, 6) is 2.91. The Labute approximate surface area is 179 Å². The molecule has 30 heavy (non-hydrogen) atoms. The first-order valence-electron chi connectivity index (χ1n) is 11.3. The predicted octanol–water partition coefficient (Wildman–Crippen LogP) is 3.17. The summed E-state index contributed by atoms with van der Waals surface area (Å²) in [6, 6.07) is 8.53. The van der Waals surface area contributed by atoms with Crippen LogP contribution in [0.5, 0.6) is 0 Å². The normalized spacial score (nSPS) is 19.1. The summed E-state index contributed by atoms with van der Waals surface area (Å²) in [5.41, 5.74) is 1.22. The second-order valence-corrected chi connectivity index (χ2v) is 8.15. The molecule has 0 aromatic carbocycles. The molecule has 2 N–H and O–H groups in total. The summed E-state index contributed by atoms with van der Waals surface area (Å²) < 4.78 is 5.75. The monoisotopic (exact) mass is 410 g/mol. The Balaban J connectivity index is 1.33. The zero-order valence-corrected chi connectivity index (χ0v) is 18.0. The topological polar surface area (TPSA) is 68.9 Å². The van der Waals surface area contributed by atoms with Crippen LogP contribution in [0.15, 0.2) is 46.1 Å². The van der Waals surface area contributed by atoms with Crippen molar-refractivity contribution in [1.29, 1.82) is 0 Å². The van der Waals surface area contributed by atoms with Crippen LogP contribution in [-0.2, 0) is 6.54 Å². The van der Waals surface area contributed by atoms with Gasteiger partial charge in [-0.05, 0) is 68.6 Å². The highest BCUT2D eigenvalue weighted by molar-refractivity contribution is 5.79. The summed E-state index contributed by atoms with van der Waals surface area (Å²) in [5, 5.41) is 6.96. The van der Waals surface area contributed by atoms with Crippen LogP contribution < -0.4 is 15.5 Å². The molecule has 7 heteroatoms. The third-order valence-electron chi connectivity index (χ3n) is 6.09. The molecule has 1 atom stereocenters. The van der Waals surface area contributed by atoms with E-state index in [2.05, 4.69) is 48.6 Å². The third kappa shape index (κ3) is 5.33. The van der Waals surface area contributed by atoms with Crippen molar-refractivity contribution >= 4 is 11.8 Å². The predicted molar refractivity (Wildman–Crippen MR) is 121 cm³/mol. The maximum Gasteiger partial charge on any atom is 0.191 e. The largest absolute Gasteiger partial charge is 0.468 e. The van der Waals surface area contributed by atoms with Gasteiger partial charge >= 0.3 is 0 Å². The Kier molecular flexibility index (Phi) is 7.24. The lowest BCUT2D eigenvalue weighted by molar-refractivity contribution is 0.146. The van der Waals surface area contributed by atoms with Crippen molar-refractivity contribution in [3.63, 3.8) is 0 Å². The average molecular weight is 411 g/mol. The number of rotatable bonds is 7. The molecule has 7 nitrogen and oxygen atoms in total. The number of furan rings is 1. The van der Waals surface area contributed by atoms with Crippen LogP contribution in [0, 0.1) is 0 Å². The number of anilines is 1. The summed E-state index contributed by atoms with van der Waals surface area (Å²) in [7, 11) is 1.82. The molecule has 162 valence electrons.